The van der Waals surface area contributed by atoms with Crippen molar-refractivity contribution >= 4 is 23.5 Å². The van der Waals surface area contributed by atoms with Gasteiger partial charge in [-0.3, -0.25) is 4.79 Å². The number of rotatable bonds is 8. The average molecular weight is 428 g/mol. The number of hydrogen-bond acceptors (Lipinski definition) is 7. The molecular formula is C22H25N3O4S. The number of allylic oxidation sites excluding steroid dienone is 1. The zero-order valence-corrected chi connectivity index (χ0v) is 18.1. The number of benzene rings is 1. The summed E-state index contributed by atoms with van der Waals surface area (Å²) in [6, 6.07) is 7.27. The first kappa shape index (κ1) is 21.7. The van der Waals surface area contributed by atoms with Crippen LogP contribution in [0.3, 0.4) is 0 Å². The van der Waals surface area contributed by atoms with Crippen molar-refractivity contribution in [1.29, 1.82) is 0 Å². The second-order valence-electron chi connectivity index (χ2n) is 6.74. The molecule has 2 heterocycles. The number of H-pyrrole nitrogens is 1. The van der Waals surface area contributed by atoms with Crippen LogP contribution in [0, 0.1) is 0 Å². The van der Waals surface area contributed by atoms with E-state index in [-0.39, 0.29) is 12.2 Å². The van der Waals surface area contributed by atoms with Gasteiger partial charge < -0.3 is 19.8 Å². The Hall–Kier alpha value is -3.00. The lowest BCUT2D eigenvalue weighted by atomic mass is 9.82. The van der Waals surface area contributed by atoms with Gasteiger partial charge in [0, 0.05) is 11.4 Å². The number of carbonyl (C=O) groups excluding carboxylic acids is 1. The number of aromatic amines is 1. The van der Waals surface area contributed by atoms with Crippen LogP contribution in [0.4, 0.5) is 5.82 Å². The second kappa shape index (κ2) is 9.67. The molecule has 0 fully saturated rings. The Balaban J connectivity index is 2.15. The first-order chi connectivity index (χ1) is 14.5. The number of nitrogens with zero attached hydrogens (tertiary/aromatic N) is 1. The summed E-state index contributed by atoms with van der Waals surface area (Å²) in [7, 11) is 1.58. The standard InChI is InChI=1S/C22H25N3O4S/c1-5-11-29-21(27)16-13(3)23-19-18(20(26)25-22(24-19)30-12-6-2)17(16)14-7-9-15(28-4)10-8-14/h5,7-10,17H,1,6,11-12H2,2-4H3,(H2,23,24,25,26). The van der Waals surface area contributed by atoms with Crippen LogP contribution in [-0.2, 0) is 9.53 Å². The molecule has 1 aromatic heterocycles. The zero-order valence-electron chi connectivity index (χ0n) is 17.3. The molecule has 0 saturated carbocycles. The number of nitrogens with one attached hydrogen (secondary N) is 2. The van der Waals surface area contributed by atoms with E-state index in [2.05, 4.69) is 28.8 Å². The molecule has 2 aromatic rings. The molecule has 1 unspecified atom stereocenters. The van der Waals surface area contributed by atoms with Crippen LogP contribution >= 0.6 is 11.8 Å². The minimum Gasteiger partial charge on any atom is -0.497 e. The van der Waals surface area contributed by atoms with Gasteiger partial charge in [-0.2, -0.15) is 0 Å². The number of ether oxygens (including phenoxy) is 2. The van der Waals surface area contributed by atoms with Crippen LogP contribution in [0.5, 0.6) is 5.75 Å². The Morgan fingerprint density at radius 1 is 1.33 bits per heavy atom. The summed E-state index contributed by atoms with van der Waals surface area (Å²) in [5.74, 6) is 0.859. The highest BCUT2D eigenvalue weighted by Crippen LogP contribution is 2.40. The SMILES string of the molecule is C=CCOC(=O)C1=C(C)Nc2nc(SCCC)[nH]c(=O)c2C1c1ccc(OC)cc1. The number of esters is 1. The minimum atomic E-state index is -0.619. The van der Waals surface area contributed by atoms with Crippen molar-refractivity contribution in [3.8, 4) is 5.75 Å². The van der Waals surface area contributed by atoms with E-state index in [1.807, 2.05) is 12.1 Å². The van der Waals surface area contributed by atoms with Crippen LogP contribution in [0.2, 0.25) is 0 Å². The third-order valence-corrected chi connectivity index (χ3v) is 5.74. The van der Waals surface area contributed by atoms with Crippen molar-refractivity contribution in [2.45, 2.75) is 31.3 Å². The Morgan fingerprint density at radius 2 is 2.07 bits per heavy atom. The van der Waals surface area contributed by atoms with E-state index >= 15 is 0 Å². The number of hydrogen-bond donors (Lipinski definition) is 2. The summed E-state index contributed by atoms with van der Waals surface area (Å²) in [4.78, 5) is 33.4. The summed E-state index contributed by atoms with van der Waals surface area (Å²) >= 11 is 1.49. The lowest BCUT2D eigenvalue weighted by Gasteiger charge is -2.28. The molecule has 0 spiro atoms. The summed E-state index contributed by atoms with van der Waals surface area (Å²) in [5.41, 5.74) is 1.84. The average Bonchev–Trinajstić information content (AvgIpc) is 2.75. The molecule has 3 rings (SSSR count). The fourth-order valence-corrected chi connectivity index (χ4v) is 4.03. The van der Waals surface area contributed by atoms with Crippen LogP contribution in [-0.4, -0.2) is 35.4 Å². The molecule has 2 N–H and O–H groups in total. The van der Waals surface area contributed by atoms with Crippen molar-refractivity contribution < 1.29 is 14.3 Å². The zero-order chi connectivity index (χ0) is 21.7. The number of anilines is 1. The van der Waals surface area contributed by atoms with Crippen LogP contribution in [0.1, 0.15) is 37.3 Å². The Morgan fingerprint density at radius 3 is 2.70 bits per heavy atom. The van der Waals surface area contributed by atoms with E-state index in [0.29, 0.717) is 33.6 Å². The Kier molecular flexibility index (Phi) is 6.99. The molecule has 1 atom stereocenters. The van der Waals surface area contributed by atoms with E-state index in [1.165, 1.54) is 17.8 Å². The highest BCUT2D eigenvalue weighted by Gasteiger charge is 2.36. The van der Waals surface area contributed by atoms with Crippen LogP contribution < -0.4 is 15.6 Å². The number of fused-ring (bicyclic) bond motifs is 1. The van der Waals surface area contributed by atoms with Gasteiger partial charge in [0.1, 0.15) is 18.2 Å². The molecule has 0 bridgehead atoms. The predicted molar refractivity (Wildman–Crippen MR) is 118 cm³/mol. The molecule has 158 valence electrons. The maximum Gasteiger partial charge on any atom is 0.337 e. The van der Waals surface area contributed by atoms with E-state index in [4.69, 9.17) is 9.47 Å². The smallest absolute Gasteiger partial charge is 0.337 e. The third kappa shape index (κ3) is 4.43. The summed E-state index contributed by atoms with van der Waals surface area (Å²) < 4.78 is 10.6. The molecule has 7 nitrogen and oxygen atoms in total. The van der Waals surface area contributed by atoms with Gasteiger partial charge in [-0.05, 0) is 31.0 Å². The first-order valence-corrected chi connectivity index (χ1v) is 10.7. The van der Waals surface area contributed by atoms with Crippen LogP contribution in [0.25, 0.3) is 0 Å². The molecular weight excluding hydrogens is 402 g/mol. The van der Waals surface area contributed by atoms with E-state index in [1.54, 1.807) is 26.2 Å². The fraction of sp³-hybridized carbons (Fsp3) is 0.318. The van der Waals surface area contributed by atoms with Crippen molar-refractivity contribution in [1.82, 2.24) is 9.97 Å². The molecule has 0 amide bonds. The molecule has 0 radical (unpaired) electrons. The Bertz CT molecular complexity index is 1030. The number of aromatic nitrogens is 2. The first-order valence-electron chi connectivity index (χ1n) is 9.66. The normalized spacial score (nSPS) is 15.2. The topological polar surface area (TPSA) is 93.3 Å². The molecule has 0 saturated heterocycles. The van der Waals surface area contributed by atoms with Gasteiger partial charge in [0.25, 0.3) is 5.56 Å². The predicted octanol–water partition coefficient (Wildman–Crippen LogP) is 3.84. The number of thioether (sulfide) groups is 1. The quantitative estimate of drug-likeness (QED) is 0.286. The largest absolute Gasteiger partial charge is 0.497 e. The maximum absolute atomic E-state index is 13.1. The molecule has 1 aromatic carbocycles. The molecule has 30 heavy (non-hydrogen) atoms. The monoisotopic (exact) mass is 427 g/mol. The van der Waals surface area contributed by atoms with Gasteiger partial charge in [0.15, 0.2) is 5.16 Å². The summed E-state index contributed by atoms with van der Waals surface area (Å²) in [6.45, 7) is 7.52. The number of methoxy groups -OCH3 is 1. The highest BCUT2D eigenvalue weighted by atomic mass is 32.2. The summed E-state index contributed by atoms with van der Waals surface area (Å²) in [5, 5.41) is 3.68. The summed E-state index contributed by atoms with van der Waals surface area (Å²) in [6.07, 6.45) is 2.47. The maximum atomic E-state index is 13.1. The number of carbonyl (C=O) groups is 1. The minimum absolute atomic E-state index is 0.0823. The molecule has 1 aliphatic rings. The van der Waals surface area contributed by atoms with Crippen molar-refractivity contribution in [2.24, 2.45) is 0 Å². The fourth-order valence-electron chi connectivity index (χ4n) is 3.31. The van der Waals surface area contributed by atoms with E-state index in [0.717, 1.165) is 17.7 Å². The van der Waals surface area contributed by atoms with Gasteiger partial charge >= 0.3 is 5.97 Å². The van der Waals surface area contributed by atoms with Gasteiger partial charge in [-0.25, -0.2) is 9.78 Å². The molecule has 0 aliphatic carbocycles. The molecule has 8 heteroatoms. The second-order valence-corrected chi connectivity index (χ2v) is 7.82. The van der Waals surface area contributed by atoms with Crippen molar-refractivity contribution in [3.05, 3.63) is 69.7 Å². The lowest BCUT2D eigenvalue weighted by Crippen LogP contribution is -2.31. The highest BCUT2D eigenvalue weighted by molar-refractivity contribution is 7.99. The third-order valence-electron chi connectivity index (χ3n) is 4.67. The van der Waals surface area contributed by atoms with E-state index in [9.17, 15) is 9.59 Å². The van der Waals surface area contributed by atoms with Gasteiger partial charge in [-0.1, -0.05) is 43.5 Å². The lowest BCUT2D eigenvalue weighted by molar-refractivity contribution is -0.138. The van der Waals surface area contributed by atoms with Crippen LogP contribution in [0.15, 0.2) is 58.1 Å². The van der Waals surface area contributed by atoms with Gasteiger partial charge in [-0.15, -0.1) is 0 Å². The Labute approximate surface area is 179 Å². The van der Waals surface area contributed by atoms with E-state index < -0.39 is 11.9 Å². The van der Waals surface area contributed by atoms with Gasteiger partial charge in [0.05, 0.1) is 24.2 Å². The molecule has 1 aliphatic heterocycles. The van der Waals surface area contributed by atoms with Crippen molar-refractivity contribution in [3.63, 3.8) is 0 Å². The van der Waals surface area contributed by atoms with Crippen molar-refractivity contribution in [2.75, 3.05) is 24.8 Å². The van der Waals surface area contributed by atoms with Gasteiger partial charge in [0.2, 0.25) is 0 Å².